The maximum Gasteiger partial charge on any atom is 0.305 e. The number of benzene rings is 1. The van der Waals surface area contributed by atoms with E-state index >= 15 is 0 Å². The summed E-state index contributed by atoms with van der Waals surface area (Å²) in [6, 6.07) is 6.43. The van der Waals surface area contributed by atoms with Crippen molar-refractivity contribution in [1.82, 2.24) is 10.6 Å². The van der Waals surface area contributed by atoms with Gasteiger partial charge in [0.1, 0.15) is 0 Å². The van der Waals surface area contributed by atoms with E-state index in [1.807, 2.05) is 26.8 Å². The van der Waals surface area contributed by atoms with Crippen LogP contribution in [0.4, 0.5) is 0 Å². The number of carbonyl (C=O) groups is 3. The number of amides is 2. The fourth-order valence-electron chi connectivity index (χ4n) is 2.12. The molecule has 0 spiro atoms. The molecule has 0 heterocycles. The van der Waals surface area contributed by atoms with Gasteiger partial charge in [0.2, 0.25) is 11.8 Å². The lowest BCUT2D eigenvalue weighted by molar-refractivity contribution is -0.138. The van der Waals surface area contributed by atoms with Crippen LogP contribution in [-0.4, -0.2) is 29.4 Å². The molecule has 2 amide bonds. The molecule has 24 heavy (non-hydrogen) atoms. The van der Waals surface area contributed by atoms with E-state index in [1.165, 1.54) is 0 Å². The normalized spacial score (nSPS) is 12.3. The van der Waals surface area contributed by atoms with Crippen molar-refractivity contribution >= 4 is 33.7 Å². The van der Waals surface area contributed by atoms with Crippen LogP contribution < -0.4 is 10.6 Å². The second-order valence-corrected chi connectivity index (χ2v) is 7.70. The Bertz CT molecular complexity index is 611. The molecule has 0 aliphatic heterocycles. The number of rotatable bonds is 7. The molecule has 0 fully saturated rings. The van der Waals surface area contributed by atoms with Gasteiger partial charge in [0, 0.05) is 10.9 Å². The summed E-state index contributed by atoms with van der Waals surface area (Å²) in [5.74, 6) is -1.66. The SMILES string of the molecule is CC(C)(C)CC(=O)NCC(=O)NC(CC(=O)O)c1cccc(Br)c1. The van der Waals surface area contributed by atoms with Crippen molar-refractivity contribution in [2.45, 2.75) is 39.7 Å². The van der Waals surface area contributed by atoms with E-state index in [0.29, 0.717) is 12.0 Å². The highest BCUT2D eigenvalue weighted by atomic mass is 79.9. The summed E-state index contributed by atoms with van der Waals surface area (Å²) in [5, 5.41) is 14.2. The summed E-state index contributed by atoms with van der Waals surface area (Å²) in [6.07, 6.45) is 0.0720. The Kier molecular flexibility index (Phi) is 7.41. The molecular weight excluding hydrogens is 376 g/mol. The number of nitrogens with one attached hydrogen (secondary N) is 2. The third-order valence-corrected chi connectivity index (χ3v) is 3.60. The van der Waals surface area contributed by atoms with Crippen LogP contribution in [0.5, 0.6) is 0 Å². The van der Waals surface area contributed by atoms with Gasteiger partial charge >= 0.3 is 5.97 Å². The second kappa shape index (κ2) is 8.82. The van der Waals surface area contributed by atoms with Crippen molar-refractivity contribution in [3.63, 3.8) is 0 Å². The third-order valence-electron chi connectivity index (χ3n) is 3.10. The quantitative estimate of drug-likeness (QED) is 0.657. The first-order valence-corrected chi connectivity index (χ1v) is 8.39. The van der Waals surface area contributed by atoms with Crippen LogP contribution in [0.3, 0.4) is 0 Å². The predicted molar refractivity (Wildman–Crippen MR) is 94.4 cm³/mol. The summed E-state index contributed by atoms with van der Waals surface area (Å²) < 4.78 is 0.795. The smallest absolute Gasteiger partial charge is 0.305 e. The van der Waals surface area contributed by atoms with E-state index in [0.717, 1.165) is 4.47 Å². The molecule has 1 rings (SSSR count). The zero-order valence-electron chi connectivity index (χ0n) is 14.1. The van der Waals surface area contributed by atoms with Gasteiger partial charge in [-0.25, -0.2) is 0 Å². The average molecular weight is 399 g/mol. The van der Waals surface area contributed by atoms with Crippen LogP contribution in [-0.2, 0) is 14.4 Å². The number of halogens is 1. The fourth-order valence-corrected chi connectivity index (χ4v) is 2.54. The zero-order valence-corrected chi connectivity index (χ0v) is 15.6. The Balaban J connectivity index is 2.65. The second-order valence-electron chi connectivity index (χ2n) is 6.79. The lowest BCUT2D eigenvalue weighted by Crippen LogP contribution is -2.40. The van der Waals surface area contributed by atoms with Gasteiger partial charge in [0.05, 0.1) is 19.0 Å². The van der Waals surface area contributed by atoms with Gasteiger partial charge in [0.15, 0.2) is 0 Å². The van der Waals surface area contributed by atoms with E-state index < -0.39 is 17.9 Å². The minimum Gasteiger partial charge on any atom is -0.481 e. The molecule has 132 valence electrons. The topological polar surface area (TPSA) is 95.5 Å². The minimum atomic E-state index is -1.02. The van der Waals surface area contributed by atoms with Crippen LogP contribution in [0.25, 0.3) is 0 Å². The van der Waals surface area contributed by atoms with Gasteiger partial charge in [-0.1, -0.05) is 48.8 Å². The van der Waals surface area contributed by atoms with Crippen molar-refractivity contribution in [3.8, 4) is 0 Å². The number of carbonyl (C=O) groups excluding carboxylic acids is 2. The van der Waals surface area contributed by atoms with E-state index in [1.54, 1.807) is 18.2 Å². The number of hydrogen-bond donors (Lipinski definition) is 3. The molecule has 1 aromatic rings. The van der Waals surface area contributed by atoms with Gasteiger partial charge < -0.3 is 15.7 Å². The maximum atomic E-state index is 12.0. The van der Waals surface area contributed by atoms with Crippen LogP contribution in [0.1, 0.15) is 45.2 Å². The lowest BCUT2D eigenvalue weighted by atomic mass is 9.92. The number of carboxylic acids is 1. The van der Waals surface area contributed by atoms with Gasteiger partial charge in [-0.3, -0.25) is 14.4 Å². The molecule has 7 heteroatoms. The molecule has 1 unspecified atom stereocenters. The summed E-state index contributed by atoms with van der Waals surface area (Å²) in [7, 11) is 0. The van der Waals surface area contributed by atoms with E-state index in [9.17, 15) is 14.4 Å². The largest absolute Gasteiger partial charge is 0.481 e. The van der Waals surface area contributed by atoms with E-state index in [-0.39, 0.29) is 24.3 Å². The summed E-state index contributed by atoms with van der Waals surface area (Å²) in [4.78, 5) is 34.8. The number of carboxylic acid groups (broad SMARTS) is 1. The summed E-state index contributed by atoms with van der Waals surface area (Å²) in [6.45, 7) is 5.62. The molecular formula is C17H23BrN2O4. The first-order valence-electron chi connectivity index (χ1n) is 7.60. The molecule has 1 aromatic carbocycles. The Hall–Kier alpha value is -1.89. The maximum absolute atomic E-state index is 12.0. The molecule has 0 aliphatic carbocycles. The molecule has 0 saturated heterocycles. The van der Waals surface area contributed by atoms with Gasteiger partial charge in [-0.05, 0) is 23.1 Å². The standard InChI is InChI=1S/C17H23BrN2O4/c1-17(2,3)9-14(21)19-10-15(22)20-13(8-16(23)24)11-5-4-6-12(18)7-11/h4-7,13H,8-10H2,1-3H3,(H,19,21)(H,20,22)(H,23,24). The highest BCUT2D eigenvalue weighted by Crippen LogP contribution is 2.21. The van der Waals surface area contributed by atoms with Crippen LogP contribution >= 0.6 is 15.9 Å². The van der Waals surface area contributed by atoms with Gasteiger partial charge in [-0.2, -0.15) is 0 Å². The third kappa shape index (κ3) is 8.10. The first kappa shape index (κ1) is 20.2. The van der Waals surface area contributed by atoms with E-state index in [2.05, 4.69) is 26.6 Å². The van der Waals surface area contributed by atoms with Crippen molar-refractivity contribution in [1.29, 1.82) is 0 Å². The Labute approximate surface area is 150 Å². The number of aliphatic carboxylic acids is 1. The molecule has 0 aliphatic rings. The highest BCUT2D eigenvalue weighted by molar-refractivity contribution is 9.10. The average Bonchev–Trinajstić information content (AvgIpc) is 2.42. The van der Waals surface area contributed by atoms with E-state index in [4.69, 9.17) is 5.11 Å². The molecule has 3 N–H and O–H groups in total. The Morgan fingerprint density at radius 1 is 1.21 bits per heavy atom. The van der Waals surface area contributed by atoms with Crippen LogP contribution in [0.15, 0.2) is 28.7 Å². The zero-order chi connectivity index (χ0) is 18.3. The molecule has 6 nitrogen and oxygen atoms in total. The molecule has 0 radical (unpaired) electrons. The number of hydrogen-bond acceptors (Lipinski definition) is 3. The Morgan fingerprint density at radius 3 is 2.42 bits per heavy atom. The minimum absolute atomic E-state index is 0.164. The van der Waals surface area contributed by atoms with Crippen molar-refractivity contribution in [2.24, 2.45) is 5.41 Å². The van der Waals surface area contributed by atoms with Crippen LogP contribution in [0.2, 0.25) is 0 Å². The lowest BCUT2D eigenvalue weighted by Gasteiger charge is -2.19. The molecule has 0 aromatic heterocycles. The first-order chi connectivity index (χ1) is 11.1. The van der Waals surface area contributed by atoms with Crippen molar-refractivity contribution in [3.05, 3.63) is 34.3 Å². The fraction of sp³-hybridized carbons (Fsp3) is 0.471. The predicted octanol–water partition coefficient (Wildman–Crippen LogP) is 2.63. The Morgan fingerprint density at radius 2 is 1.88 bits per heavy atom. The van der Waals surface area contributed by atoms with Crippen LogP contribution in [0, 0.1) is 5.41 Å². The van der Waals surface area contributed by atoms with Gasteiger partial charge in [-0.15, -0.1) is 0 Å². The molecule has 0 saturated carbocycles. The van der Waals surface area contributed by atoms with Crippen molar-refractivity contribution < 1.29 is 19.5 Å². The summed E-state index contributed by atoms with van der Waals surface area (Å²) in [5.41, 5.74) is 0.518. The van der Waals surface area contributed by atoms with Crippen molar-refractivity contribution in [2.75, 3.05) is 6.54 Å². The molecule has 1 atom stereocenters. The highest BCUT2D eigenvalue weighted by Gasteiger charge is 2.20. The summed E-state index contributed by atoms with van der Waals surface area (Å²) >= 11 is 3.32. The van der Waals surface area contributed by atoms with Gasteiger partial charge in [0.25, 0.3) is 0 Å². The monoisotopic (exact) mass is 398 g/mol. The molecule has 0 bridgehead atoms.